The Balaban J connectivity index is 0.00000225. The van der Waals surface area contributed by atoms with Crippen LogP contribution >= 0.6 is 24.8 Å². The molecule has 10 heteroatoms. The Labute approximate surface area is 186 Å². The van der Waals surface area contributed by atoms with Gasteiger partial charge in [-0.05, 0) is 54.8 Å². The SMILES string of the molecule is Cl.Cl.NCCC[C@H](N)CNC(=O)c1cc2ccc(-c3ccc([N+](=O)[O-])cc3)cc2[nH]1. The Bertz CT molecular complexity index is 992. The van der Waals surface area contributed by atoms with E-state index < -0.39 is 4.92 Å². The number of non-ortho nitro benzene ring substituents is 1. The first-order valence-corrected chi connectivity index (χ1v) is 9.09. The van der Waals surface area contributed by atoms with Gasteiger partial charge in [-0.2, -0.15) is 0 Å². The van der Waals surface area contributed by atoms with Crippen molar-refractivity contribution in [1.82, 2.24) is 10.3 Å². The lowest BCUT2D eigenvalue weighted by Gasteiger charge is -2.11. The second-order valence-corrected chi connectivity index (χ2v) is 6.69. The highest BCUT2D eigenvalue weighted by Crippen LogP contribution is 2.26. The molecule has 6 N–H and O–H groups in total. The molecule has 0 saturated heterocycles. The van der Waals surface area contributed by atoms with Gasteiger partial charge in [0, 0.05) is 35.6 Å². The highest BCUT2D eigenvalue weighted by Gasteiger charge is 2.12. The lowest BCUT2D eigenvalue weighted by atomic mass is 10.0. The van der Waals surface area contributed by atoms with Crippen molar-refractivity contribution < 1.29 is 9.72 Å². The van der Waals surface area contributed by atoms with Crippen molar-refractivity contribution in [3.05, 3.63) is 64.3 Å². The van der Waals surface area contributed by atoms with E-state index in [4.69, 9.17) is 11.5 Å². The first-order chi connectivity index (χ1) is 13.5. The number of H-pyrrole nitrogens is 1. The van der Waals surface area contributed by atoms with Crippen LogP contribution in [-0.2, 0) is 0 Å². The number of hydrogen-bond acceptors (Lipinski definition) is 5. The number of nitrogens with one attached hydrogen (secondary N) is 2. The summed E-state index contributed by atoms with van der Waals surface area (Å²) in [6, 6.07) is 13.8. The predicted octanol–water partition coefficient (Wildman–Crippen LogP) is 3.38. The average Bonchev–Trinajstić information content (AvgIpc) is 3.14. The standard InChI is InChI=1S/C20H23N5O3.2ClH/c21-9-1-2-16(22)12-23-20(26)19-11-15-4-3-14(10-18(15)24-19)13-5-7-17(8-6-13)25(27)28;;/h3-8,10-11,16,24H,1-2,9,12,21-22H2,(H,23,26);2*1H/t16-;;/m0../s1. The van der Waals surface area contributed by atoms with Gasteiger partial charge in [0.1, 0.15) is 5.69 Å². The lowest BCUT2D eigenvalue weighted by Crippen LogP contribution is -2.37. The Morgan fingerprint density at radius 2 is 1.77 bits per heavy atom. The van der Waals surface area contributed by atoms with E-state index in [1.54, 1.807) is 18.2 Å². The summed E-state index contributed by atoms with van der Waals surface area (Å²) in [6.45, 7) is 0.975. The summed E-state index contributed by atoms with van der Waals surface area (Å²) in [5.41, 5.74) is 14.5. The van der Waals surface area contributed by atoms with Crippen LogP contribution in [0.4, 0.5) is 5.69 Å². The average molecular weight is 454 g/mol. The molecule has 3 rings (SSSR count). The number of amides is 1. The zero-order chi connectivity index (χ0) is 20.1. The quantitative estimate of drug-likeness (QED) is 0.305. The molecule has 0 aliphatic rings. The molecule has 0 aliphatic carbocycles. The third-order valence-corrected chi connectivity index (χ3v) is 4.58. The van der Waals surface area contributed by atoms with E-state index >= 15 is 0 Å². The fourth-order valence-corrected chi connectivity index (χ4v) is 3.01. The summed E-state index contributed by atoms with van der Waals surface area (Å²) in [5.74, 6) is -0.212. The predicted molar refractivity (Wildman–Crippen MR) is 123 cm³/mol. The van der Waals surface area contributed by atoms with E-state index in [0.717, 1.165) is 34.9 Å². The maximum atomic E-state index is 12.4. The first kappa shape index (κ1) is 25.4. The summed E-state index contributed by atoms with van der Waals surface area (Å²) in [5, 5.41) is 14.5. The number of hydrogen-bond donors (Lipinski definition) is 4. The molecule has 1 atom stereocenters. The second-order valence-electron chi connectivity index (χ2n) is 6.69. The molecule has 1 heterocycles. The number of benzene rings is 2. The first-order valence-electron chi connectivity index (χ1n) is 9.09. The molecule has 30 heavy (non-hydrogen) atoms. The Kier molecular flexibility index (Phi) is 9.74. The molecule has 1 amide bonds. The van der Waals surface area contributed by atoms with Crippen LogP contribution in [0.1, 0.15) is 23.3 Å². The second kappa shape index (κ2) is 11.5. The van der Waals surface area contributed by atoms with E-state index in [0.29, 0.717) is 18.8 Å². The van der Waals surface area contributed by atoms with Gasteiger partial charge in [-0.1, -0.05) is 12.1 Å². The zero-order valence-corrected chi connectivity index (χ0v) is 17.8. The van der Waals surface area contributed by atoms with Crippen LogP contribution in [0.5, 0.6) is 0 Å². The number of nitro benzene ring substituents is 1. The molecule has 0 radical (unpaired) electrons. The Hall–Kier alpha value is -2.65. The van der Waals surface area contributed by atoms with Gasteiger partial charge in [-0.3, -0.25) is 14.9 Å². The van der Waals surface area contributed by atoms with Crippen LogP contribution in [-0.4, -0.2) is 34.9 Å². The minimum absolute atomic E-state index is 0. The minimum Gasteiger partial charge on any atom is -0.351 e. The van der Waals surface area contributed by atoms with E-state index in [2.05, 4.69) is 10.3 Å². The largest absolute Gasteiger partial charge is 0.351 e. The monoisotopic (exact) mass is 453 g/mol. The van der Waals surface area contributed by atoms with Crippen molar-refractivity contribution in [3.63, 3.8) is 0 Å². The molecule has 0 fully saturated rings. The molecule has 2 aromatic carbocycles. The highest BCUT2D eigenvalue weighted by atomic mass is 35.5. The summed E-state index contributed by atoms with van der Waals surface area (Å²) in [7, 11) is 0. The number of halogens is 2. The van der Waals surface area contributed by atoms with Crippen LogP contribution < -0.4 is 16.8 Å². The van der Waals surface area contributed by atoms with Gasteiger partial charge in [0.25, 0.3) is 11.6 Å². The van der Waals surface area contributed by atoms with Gasteiger partial charge < -0.3 is 21.8 Å². The number of nitro groups is 1. The number of nitrogens with zero attached hydrogens (tertiary/aromatic N) is 1. The molecule has 162 valence electrons. The molecule has 3 aromatic rings. The van der Waals surface area contributed by atoms with Gasteiger partial charge in [-0.25, -0.2) is 0 Å². The number of rotatable bonds is 8. The van der Waals surface area contributed by atoms with Gasteiger partial charge in [0.15, 0.2) is 0 Å². The van der Waals surface area contributed by atoms with Crippen LogP contribution in [0.15, 0.2) is 48.5 Å². The van der Waals surface area contributed by atoms with Crippen molar-refractivity contribution in [2.75, 3.05) is 13.1 Å². The number of aromatic amines is 1. The number of fused-ring (bicyclic) bond motifs is 1. The molecule has 0 unspecified atom stereocenters. The van der Waals surface area contributed by atoms with E-state index in [1.165, 1.54) is 12.1 Å². The molecular formula is C20H25Cl2N5O3. The number of nitrogens with two attached hydrogens (primary N) is 2. The lowest BCUT2D eigenvalue weighted by molar-refractivity contribution is -0.384. The normalized spacial score (nSPS) is 11.3. The third-order valence-electron chi connectivity index (χ3n) is 4.58. The van der Waals surface area contributed by atoms with Crippen LogP contribution in [0.2, 0.25) is 0 Å². The number of carbonyl (C=O) groups is 1. The van der Waals surface area contributed by atoms with Gasteiger partial charge in [0.05, 0.1) is 4.92 Å². The third kappa shape index (κ3) is 6.17. The number of aromatic nitrogens is 1. The van der Waals surface area contributed by atoms with Crippen molar-refractivity contribution >= 4 is 47.3 Å². The zero-order valence-electron chi connectivity index (χ0n) is 16.2. The molecule has 1 aromatic heterocycles. The summed E-state index contributed by atoms with van der Waals surface area (Å²) in [6.07, 6.45) is 1.59. The fraction of sp³-hybridized carbons (Fsp3) is 0.250. The van der Waals surface area contributed by atoms with Gasteiger partial charge in [0.2, 0.25) is 0 Å². The molecule has 0 saturated carbocycles. The Morgan fingerprint density at radius 3 is 2.40 bits per heavy atom. The van der Waals surface area contributed by atoms with Crippen molar-refractivity contribution in [3.8, 4) is 11.1 Å². The van der Waals surface area contributed by atoms with E-state index in [-0.39, 0.29) is 42.5 Å². The maximum Gasteiger partial charge on any atom is 0.269 e. The van der Waals surface area contributed by atoms with Crippen LogP contribution in [0.3, 0.4) is 0 Å². The topological polar surface area (TPSA) is 140 Å². The van der Waals surface area contributed by atoms with E-state index in [1.807, 2.05) is 18.2 Å². The summed E-state index contributed by atoms with van der Waals surface area (Å²) < 4.78 is 0. The molecule has 8 nitrogen and oxygen atoms in total. The molecule has 0 aliphatic heterocycles. The fourth-order valence-electron chi connectivity index (χ4n) is 3.01. The van der Waals surface area contributed by atoms with Crippen molar-refractivity contribution in [1.29, 1.82) is 0 Å². The number of carbonyl (C=O) groups excluding carboxylic acids is 1. The summed E-state index contributed by atoms with van der Waals surface area (Å²) in [4.78, 5) is 25.8. The minimum atomic E-state index is -0.426. The van der Waals surface area contributed by atoms with Gasteiger partial charge >= 0.3 is 0 Å². The smallest absolute Gasteiger partial charge is 0.269 e. The Morgan fingerprint density at radius 1 is 1.10 bits per heavy atom. The molecular weight excluding hydrogens is 429 g/mol. The molecule has 0 spiro atoms. The van der Waals surface area contributed by atoms with Crippen LogP contribution in [0.25, 0.3) is 22.0 Å². The van der Waals surface area contributed by atoms with Crippen molar-refractivity contribution in [2.45, 2.75) is 18.9 Å². The van der Waals surface area contributed by atoms with Gasteiger partial charge in [-0.15, -0.1) is 24.8 Å². The van der Waals surface area contributed by atoms with E-state index in [9.17, 15) is 14.9 Å². The highest BCUT2D eigenvalue weighted by molar-refractivity contribution is 5.98. The van der Waals surface area contributed by atoms with Crippen LogP contribution in [0, 0.1) is 10.1 Å². The summed E-state index contributed by atoms with van der Waals surface area (Å²) >= 11 is 0. The van der Waals surface area contributed by atoms with Crippen molar-refractivity contribution in [2.24, 2.45) is 11.5 Å². The maximum absolute atomic E-state index is 12.4. The molecule has 0 bridgehead atoms.